The van der Waals surface area contributed by atoms with Gasteiger partial charge in [0.05, 0.1) is 18.3 Å². The van der Waals surface area contributed by atoms with Crippen LogP contribution in [0.2, 0.25) is 0 Å². The third kappa shape index (κ3) is 5.47. The van der Waals surface area contributed by atoms with Crippen molar-refractivity contribution in [2.75, 3.05) is 6.61 Å². The number of hydrogen-bond acceptors (Lipinski definition) is 7. The molecule has 2 aromatic heterocycles. The molecule has 3 rings (SSSR count). The number of fused-ring (bicyclic) bond motifs is 1. The van der Waals surface area contributed by atoms with E-state index in [-0.39, 0.29) is 24.2 Å². The molecule has 30 heavy (non-hydrogen) atoms. The van der Waals surface area contributed by atoms with E-state index in [1.54, 1.807) is 6.92 Å². The van der Waals surface area contributed by atoms with E-state index in [0.29, 0.717) is 27.3 Å². The fraction of sp³-hybridized carbons (Fsp3) is 0.636. The molecule has 0 amide bonds. The smallest absolute Gasteiger partial charge is 0.348 e. The van der Waals surface area contributed by atoms with Crippen molar-refractivity contribution in [3.05, 3.63) is 27.1 Å². The lowest BCUT2D eigenvalue weighted by atomic mass is 9.98. The van der Waals surface area contributed by atoms with Gasteiger partial charge in [-0.2, -0.15) is 0 Å². The predicted octanol–water partition coefficient (Wildman–Crippen LogP) is 4.38. The molecule has 2 aromatic rings. The molecule has 0 spiro atoms. The molecule has 0 bridgehead atoms. The number of aromatic nitrogens is 2. The minimum atomic E-state index is -0.459. The average molecular weight is 435 g/mol. The highest BCUT2D eigenvalue weighted by molar-refractivity contribution is 7.20. The molecule has 8 heteroatoms. The lowest BCUT2D eigenvalue weighted by Crippen LogP contribution is -2.26. The summed E-state index contributed by atoms with van der Waals surface area (Å²) in [7, 11) is 0. The van der Waals surface area contributed by atoms with Crippen LogP contribution in [0.25, 0.3) is 10.2 Å². The Morgan fingerprint density at radius 2 is 1.97 bits per heavy atom. The Labute approximate surface area is 180 Å². The number of rotatable bonds is 9. The molecule has 0 N–H and O–H groups in total. The zero-order chi connectivity index (χ0) is 21.5. The summed E-state index contributed by atoms with van der Waals surface area (Å²) in [5, 5.41) is 0.369. The number of aryl methyl sites for hydroxylation is 1. The zero-order valence-electron chi connectivity index (χ0n) is 17.8. The highest BCUT2D eigenvalue weighted by Crippen LogP contribution is 2.29. The van der Waals surface area contributed by atoms with E-state index in [0.717, 1.165) is 51.4 Å². The number of unbranched alkanes of at least 4 members (excludes halogenated alkanes) is 3. The van der Waals surface area contributed by atoms with Crippen molar-refractivity contribution in [1.82, 2.24) is 9.55 Å². The molecule has 0 atom stereocenters. The van der Waals surface area contributed by atoms with Crippen LogP contribution in [0.5, 0.6) is 0 Å². The van der Waals surface area contributed by atoms with E-state index >= 15 is 0 Å². The molecule has 1 saturated carbocycles. The van der Waals surface area contributed by atoms with Crippen molar-refractivity contribution in [2.45, 2.75) is 84.3 Å². The van der Waals surface area contributed by atoms with Crippen LogP contribution < -0.4 is 5.56 Å². The van der Waals surface area contributed by atoms with Crippen LogP contribution in [0.15, 0.2) is 11.1 Å². The Bertz CT molecular complexity index is 943. The van der Waals surface area contributed by atoms with Crippen molar-refractivity contribution in [2.24, 2.45) is 0 Å². The highest BCUT2D eigenvalue weighted by Gasteiger charge is 2.24. The monoisotopic (exact) mass is 434 g/mol. The summed E-state index contributed by atoms with van der Waals surface area (Å²) in [6.45, 7) is 4.02. The van der Waals surface area contributed by atoms with Crippen LogP contribution in [0, 0.1) is 6.92 Å². The van der Waals surface area contributed by atoms with Gasteiger partial charge in [0.25, 0.3) is 5.56 Å². The highest BCUT2D eigenvalue weighted by atomic mass is 32.1. The van der Waals surface area contributed by atoms with Crippen LogP contribution >= 0.6 is 11.3 Å². The molecule has 0 aromatic carbocycles. The van der Waals surface area contributed by atoms with Crippen LogP contribution in [-0.4, -0.2) is 34.2 Å². The molecule has 7 nitrogen and oxygen atoms in total. The van der Waals surface area contributed by atoms with Gasteiger partial charge >= 0.3 is 11.9 Å². The van der Waals surface area contributed by atoms with Gasteiger partial charge in [0.2, 0.25) is 0 Å². The van der Waals surface area contributed by atoms with Gasteiger partial charge in [0.1, 0.15) is 22.4 Å². The quantitative estimate of drug-likeness (QED) is 0.430. The van der Waals surface area contributed by atoms with Crippen LogP contribution in [-0.2, 0) is 20.8 Å². The van der Waals surface area contributed by atoms with E-state index in [9.17, 15) is 14.4 Å². The minimum Gasteiger partial charge on any atom is -0.464 e. The fourth-order valence-corrected chi connectivity index (χ4v) is 4.78. The summed E-state index contributed by atoms with van der Waals surface area (Å²) in [6.07, 6.45) is 10.5. The third-order valence-electron chi connectivity index (χ3n) is 5.49. The first-order chi connectivity index (χ1) is 14.5. The molecule has 0 saturated heterocycles. The van der Waals surface area contributed by atoms with Gasteiger partial charge in [-0.3, -0.25) is 14.2 Å². The minimum absolute atomic E-state index is 0.0485. The van der Waals surface area contributed by atoms with Gasteiger partial charge in [0, 0.05) is 0 Å². The SMILES string of the molecule is CCCCCCOC(=O)Cn1cnc2sc(C(=O)OC3CCCCC3)c(C)c2c1=O. The Morgan fingerprint density at radius 3 is 2.70 bits per heavy atom. The van der Waals surface area contributed by atoms with Gasteiger partial charge in [0.15, 0.2) is 0 Å². The van der Waals surface area contributed by atoms with Crippen molar-refractivity contribution in [3.8, 4) is 0 Å². The van der Waals surface area contributed by atoms with Crippen molar-refractivity contribution >= 4 is 33.5 Å². The maximum atomic E-state index is 12.9. The number of nitrogens with zero attached hydrogens (tertiary/aromatic N) is 2. The maximum Gasteiger partial charge on any atom is 0.348 e. The van der Waals surface area contributed by atoms with Gasteiger partial charge in [-0.15, -0.1) is 11.3 Å². The number of carbonyl (C=O) groups excluding carboxylic acids is 2. The lowest BCUT2D eigenvalue weighted by molar-refractivity contribution is -0.144. The second-order valence-electron chi connectivity index (χ2n) is 7.86. The third-order valence-corrected chi connectivity index (χ3v) is 6.67. The molecule has 1 aliphatic rings. The molecular weight excluding hydrogens is 404 g/mol. The molecule has 0 aliphatic heterocycles. The van der Waals surface area contributed by atoms with E-state index in [1.807, 2.05) is 0 Å². The van der Waals surface area contributed by atoms with Gasteiger partial charge in [-0.25, -0.2) is 9.78 Å². The van der Waals surface area contributed by atoms with Crippen molar-refractivity contribution in [3.63, 3.8) is 0 Å². The van der Waals surface area contributed by atoms with E-state index in [1.165, 1.54) is 28.7 Å². The van der Waals surface area contributed by atoms with Crippen molar-refractivity contribution in [1.29, 1.82) is 0 Å². The molecule has 1 fully saturated rings. The summed E-state index contributed by atoms with van der Waals surface area (Å²) >= 11 is 1.17. The second kappa shape index (κ2) is 10.7. The molecule has 0 unspecified atom stereocenters. The van der Waals surface area contributed by atoms with Crippen LogP contribution in [0.1, 0.15) is 79.9 Å². The standard InChI is InChI=1S/C22H30N2O5S/c1-3-4-5-9-12-28-17(25)13-24-14-23-20-18(21(24)26)15(2)19(30-20)22(27)29-16-10-7-6-8-11-16/h14,16H,3-13H2,1-2H3. The van der Waals surface area contributed by atoms with E-state index in [2.05, 4.69) is 11.9 Å². The van der Waals surface area contributed by atoms with Crippen LogP contribution in [0.3, 0.4) is 0 Å². The Hall–Kier alpha value is -2.22. The number of thiophene rings is 1. The summed E-state index contributed by atoms with van der Waals surface area (Å²) in [5.41, 5.74) is 0.226. The number of esters is 2. The summed E-state index contributed by atoms with van der Waals surface area (Å²) in [5.74, 6) is -0.848. The fourth-order valence-electron chi connectivity index (χ4n) is 3.75. The number of carbonyl (C=O) groups is 2. The molecule has 2 heterocycles. The number of ether oxygens (including phenoxy) is 2. The molecular formula is C22H30N2O5S. The van der Waals surface area contributed by atoms with Gasteiger partial charge in [-0.1, -0.05) is 32.6 Å². The first-order valence-corrected chi connectivity index (χ1v) is 11.7. The summed E-state index contributed by atoms with van der Waals surface area (Å²) < 4.78 is 12.1. The van der Waals surface area contributed by atoms with Crippen molar-refractivity contribution < 1.29 is 19.1 Å². The largest absolute Gasteiger partial charge is 0.464 e. The van der Waals surface area contributed by atoms with Gasteiger partial charge in [-0.05, 0) is 44.6 Å². The Kier molecular flexibility index (Phi) is 8.01. The first kappa shape index (κ1) is 22.5. The molecule has 0 radical (unpaired) electrons. The Morgan fingerprint density at radius 1 is 1.20 bits per heavy atom. The van der Waals surface area contributed by atoms with Crippen LogP contribution in [0.4, 0.5) is 0 Å². The Balaban J connectivity index is 1.69. The van der Waals surface area contributed by atoms with Gasteiger partial charge < -0.3 is 9.47 Å². The molecule has 1 aliphatic carbocycles. The predicted molar refractivity (Wildman–Crippen MR) is 116 cm³/mol. The maximum absolute atomic E-state index is 12.9. The summed E-state index contributed by atoms with van der Waals surface area (Å²) in [6, 6.07) is 0. The summed E-state index contributed by atoms with van der Waals surface area (Å²) in [4.78, 5) is 42.8. The average Bonchev–Trinajstić information content (AvgIpc) is 3.08. The number of hydrogen-bond donors (Lipinski definition) is 0. The molecule has 164 valence electrons. The first-order valence-electron chi connectivity index (χ1n) is 10.9. The second-order valence-corrected chi connectivity index (χ2v) is 8.86. The topological polar surface area (TPSA) is 87.5 Å². The van der Waals surface area contributed by atoms with E-state index in [4.69, 9.17) is 9.47 Å². The normalized spacial score (nSPS) is 14.7. The van der Waals surface area contributed by atoms with E-state index < -0.39 is 5.97 Å². The zero-order valence-corrected chi connectivity index (χ0v) is 18.6. The lowest BCUT2D eigenvalue weighted by Gasteiger charge is -2.21.